The number of hydrogen-bond donors (Lipinski definition) is 2. The van der Waals surface area contributed by atoms with Crippen LogP contribution < -0.4 is 10.6 Å². The van der Waals surface area contributed by atoms with E-state index in [0.29, 0.717) is 17.8 Å². The highest BCUT2D eigenvalue weighted by atomic mass is 35.5. The molecule has 12 heteroatoms. The van der Waals surface area contributed by atoms with Gasteiger partial charge in [-0.2, -0.15) is 13.2 Å². The zero-order chi connectivity index (χ0) is 24.5. The highest BCUT2D eigenvalue weighted by molar-refractivity contribution is 6.31. The average Bonchev–Trinajstić information content (AvgIpc) is 3.22. The quantitative estimate of drug-likeness (QED) is 0.389. The van der Waals surface area contributed by atoms with Gasteiger partial charge in [-0.05, 0) is 38.1 Å². The van der Waals surface area contributed by atoms with Crippen LogP contribution in [0.5, 0.6) is 0 Å². The topological polar surface area (TPSA) is 97.6 Å². The van der Waals surface area contributed by atoms with E-state index >= 15 is 0 Å². The van der Waals surface area contributed by atoms with Gasteiger partial charge in [-0.1, -0.05) is 11.6 Å². The van der Waals surface area contributed by atoms with Gasteiger partial charge in [0.1, 0.15) is 17.0 Å². The van der Waals surface area contributed by atoms with Crippen LogP contribution >= 0.6 is 11.6 Å². The summed E-state index contributed by atoms with van der Waals surface area (Å²) in [6.07, 6.45) is 1.45. The molecule has 1 atom stereocenters. The molecule has 0 aliphatic heterocycles. The van der Waals surface area contributed by atoms with Gasteiger partial charge in [-0.3, -0.25) is 9.78 Å². The molecule has 4 aromatic rings. The fourth-order valence-corrected chi connectivity index (χ4v) is 3.50. The van der Waals surface area contributed by atoms with E-state index in [-0.39, 0.29) is 23.1 Å². The number of benzene rings is 1. The SMILES string of the molecule is CCn1cnc2cnc(C(=O)NC(C)c3cnc(Nc4ccc(Cl)c(C(F)(F)F)c4)cn3)cc21. The number of imidazole rings is 1. The van der Waals surface area contributed by atoms with E-state index in [0.717, 1.165) is 17.6 Å². The molecule has 1 unspecified atom stereocenters. The van der Waals surface area contributed by atoms with E-state index in [1.165, 1.54) is 18.5 Å². The predicted molar refractivity (Wildman–Crippen MR) is 121 cm³/mol. The van der Waals surface area contributed by atoms with Gasteiger partial charge in [-0.15, -0.1) is 0 Å². The van der Waals surface area contributed by atoms with Crippen molar-refractivity contribution < 1.29 is 18.0 Å². The number of hydrogen-bond acceptors (Lipinski definition) is 6. The fraction of sp³-hybridized carbons (Fsp3) is 0.227. The third-order valence-electron chi connectivity index (χ3n) is 5.09. The third-order valence-corrected chi connectivity index (χ3v) is 5.42. The van der Waals surface area contributed by atoms with Crippen LogP contribution in [-0.2, 0) is 12.7 Å². The number of carbonyl (C=O) groups excluding carboxylic acids is 1. The van der Waals surface area contributed by atoms with Crippen LogP contribution in [0.2, 0.25) is 5.02 Å². The maximum atomic E-state index is 13.1. The minimum Gasteiger partial charge on any atom is -0.343 e. The molecule has 0 bridgehead atoms. The van der Waals surface area contributed by atoms with Crippen molar-refractivity contribution in [3.8, 4) is 0 Å². The molecule has 3 aromatic heterocycles. The van der Waals surface area contributed by atoms with Gasteiger partial charge < -0.3 is 15.2 Å². The van der Waals surface area contributed by atoms with Crippen LogP contribution in [-0.4, -0.2) is 30.4 Å². The lowest BCUT2D eigenvalue weighted by atomic mass is 10.2. The minimum absolute atomic E-state index is 0.160. The molecule has 34 heavy (non-hydrogen) atoms. The van der Waals surface area contributed by atoms with Crippen molar-refractivity contribution in [1.29, 1.82) is 0 Å². The molecule has 1 aromatic carbocycles. The number of anilines is 2. The first-order valence-electron chi connectivity index (χ1n) is 10.2. The number of halogens is 4. The summed E-state index contributed by atoms with van der Waals surface area (Å²) < 4.78 is 41.1. The van der Waals surface area contributed by atoms with Gasteiger partial charge in [0.05, 0.1) is 52.8 Å². The van der Waals surface area contributed by atoms with Gasteiger partial charge >= 0.3 is 6.18 Å². The molecule has 0 saturated carbocycles. The zero-order valence-corrected chi connectivity index (χ0v) is 18.8. The number of pyridine rings is 1. The third kappa shape index (κ3) is 4.93. The second kappa shape index (κ2) is 9.26. The number of carbonyl (C=O) groups is 1. The number of fused-ring (bicyclic) bond motifs is 1. The first-order valence-corrected chi connectivity index (χ1v) is 10.6. The minimum atomic E-state index is -4.58. The van der Waals surface area contributed by atoms with Crippen molar-refractivity contribution in [2.24, 2.45) is 0 Å². The number of amides is 1. The maximum absolute atomic E-state index is 13.1. The molecular formula is C22H19ClF3N7O. The molecule has 8 nitrogen and oxygen atoms in total. The Hall–Kier alpha value is -3.73. The molecule has 0 fully saturated rings. The number of aromatic nitrogens is 5. The molecule has 4 rings (SSSR count). The van der Waals surface area contributed by atoms with Crippen molar-refractivity contribution in [2.75, 3.05) is 5.32 Å². The Morgan fingerprint density at radius 2 is 1.91 bits per heavy atom. The van der Waals surface area contributed by atoms with Crippen molar-refractivity contribution >= 4 is 40.0 Å². The summed E-state index contributed by atoms with van der Waals surface area (Å²) in [5.74, 6) is -0.152. The van der Waals surface area contributed by atoms with Crippen LogP contribution in [0.4, 0.5) is 24.7 Å². The lowest BCUT2D eigenvalue weighted by Crippen LogP contribution is -2.28. The number of alkyl halides is 3. The number of nitrogens with one attached hydrogen (secondary N) is 2. The molecule has 0 radical (unpaired) electrons. The van der Waals surface area contributed by atoms with E-state index in [1.807, 2.05) is 11.5 Å². The van der Waals surface area contributed by atoms with E-state index in [4.69, 9.17) is 11.6 Å². The number of nitrogens with zero attached hydrogens (tertiary/aromatic N) is 5. The molecule has 2 N–H and O–H groups in total. The van der Waals surface area contributed by atoms with Crippen molar-refractivity contribution in [3.05, 3.63) is 71.2 Å². The Bertz CT molecular complexity index is 1340. The van der Waals surface area contributed by atoms with Gasteiger partial charge in [-0.25, -0.2) is 15.0 Å². The summed E-state index contributed by atoms with van der Waals surface area (Å²) in [4.78, 5) is 29.5. The summed E-state index contributed by atoms with van der Waals surface area (Å²) in [7, 11) is 0. The molecule has 0 saturated heterocycles. The van der Waals surface area contributed by atoms with Crippen LogP contribution in [0, 0.1) is 0 Å². The lowest BCUT2D eigenvalue weighted by Gasteiger charge is -2.14. The van der Waals surface area contributed by atoms with Gasteiger partial charge in [0.15, 0.2) is 0 Å². The molecule has 0 aliphatic rings. The maximum Gasteiger partial charge on any atom is 0.417 e. The van der Waals surface area contributed by atoms with Gasteiger partial charge in [0, 0.05) is 12.2 Å². The van der Waals surface area contributed by atoms with Gasteiger partial charge in [0.2, 0.25) is 0 Å². The Balaban J connectivity index is 1.44. The van der Waals surface area contributed by atoms with Crippen LogP contribution in [0.15, 0.2) is 49.2 Å². The highest BCUT2D eigenvalue weighted by Gasteiger charge is 2.33. The standard InChI is InChI=1S/C22H19ClF3N7O/c1-3-33-11-30-18-9-27-16(7-19(18)33)21(34)31-12(2)17-8-29-20(10-28-17)32-13-4-5-15(23)14(6-13)22(24,25)26/h4-12H,3H2,1-2H3,(H,29,32)(H,31,34). The average molecular weight is 490 g/mol. The van der Waals surface area contributed by atoms with E-state index in [9.17, 15) is 18.0 Å². The zero-order valence-electron chi connectivity index (χ0n) is 18.1. The second-order valence-electron chi connectivity index (χ2n) is 7.43. The summed E-state index contributed by atoms with van der Waals surface area (Å²) in [6.45, 7) is 4.42. The van der Waals surface area contributed by atoms with Crippen molar-refractivity contribution in [2.45, 2.75) is 32.6 Å². The van der Waals surface area contributed by atoms with Crippen LogP contribution in [0.1, 0.15) is 41.6 Å². The first kappa shape index (κ1) is 23.4. The Labute approximate surface area is 197 Å². The molecule has 176 valence electrons. The monoisotopic (exact) mass is 489 g/mol. The number of aryl methyl sites for hydroxylation is 1. The normalized spacial score (nSPS) is 12.5. The Kier molecular flexibility index (Phi) is 6.38. The van der Waals surface area contributed by atoms with Crippen molar-refractivity contribution in [1.82, 2.24) is 29.8 Å². The second-order valence-corrected chi connectivity index (χ2v) is 7.84. The van der Waals surface area contributed by atoms with Crippen molar-refractivity contribution in [3.63, 3.8) is 0 Å². The van der Waals surface area contributed by atoms with Crippen LogP contribution in [0.25, 0.3) is 11.0 Å². The summed E-state index contributed by atoms with van der Waals surface area (Å²) in [5, 5.41) is 5.18. The predicted octanol–water partition coefficient (Wildman–Crippen LogP) is 5.15. The number of rotatable bonds is 6. The highest BCUT2D eigenvalue weighted by Crippen LogP contribution is 2.36. The largest absolute Gasteiger partial charge is 0.417 e. The first-order chi connectivity index (χ1) is 16.2. The molecule has 0 aliphatic carbocycles. The molecule has 3 heterocycles. The smallest absolute Gasteiger partial charge is 0.343 e. The molecule has 1 amide bonds. The van der Waals surface area contributed by atoms with E-state index in [1.54, 1.807) is 25.5 Å². The fourth-order valence-electron chi connectivity index (χ4n) is 3.28. The molecule has 0 spiro atoms. The Morgan fingerprint density at radius 3 is 2.59 bits per heavy atom. The summed E-state index contributed by atoms with van der Waals surface area (Å²) in [6, 6.07) is 4.65. The molecular weight excluding hydrogens is 471 g/mol. The lowest BCUT2D eigenvalue weighted by molar-refractivity contribution is -0.137. The summed E-state index contributed by atoms with van der Waals surface area (Å²) in [5.41, 5.74) is 1.42. The Morgan fingerprint density at radius 1 is 1.12 bits per heavy atom. The summed E-state index contributed by atoms with van der Waals surface area (Å²) >= 11 is 5.64. The van der Waals surface area contributed by atoms with Gasteiger partial charge in [0.25, 0.3) is 5.91 Å². The van der Waals surface area contributed by atoms with E-state index in [2.05, 4.69) is 30.6 Å². The van der Waals surface area contributed by atoms with E-state index < -0.39 is 22.8 Å². The van der Waals surface area contributed by atoms with Crippen LogP contribution in [0.3, 0.4) is 0 Å².